The Bertz CT molecular complexity index is 520. The molecule has 0 aliphatic heterocycles. The molecule has 15 heavy (non-hydrogen) atoms. The fourth-order valence-corrected chi connectivity index (χ4v) is 1.66. The Morgan fingerprint density at radius 2 is 1.93 bits per heavy atom. The molecule has 76 valence electrons. The van der Waals surface area contributed by atoms with Gasteiger partial charge in [0.2, 0.25) is 0 Å². The molecule has 3 heteroatoms. The van der Waals surface area contributed by atoms with Gasteiger partial charge in [0, 0.05) is 5.39 Å². The maximum Gasteiger partial charge on any atom is 0.252 e. The first kappa shape index (κ1) is 9.52. The Morgan fingerprint density at radius 3 is 2.60 bits per heavy atom. The van der Waals surface area contributed by atoms with E-state index in [9.17, 15) is 4.79 Å². The van der Waals surface area contributed by atoms with Crippen molar-refractivity contribution >= 4 is 16.7 Å². The largest absolute Gasteiger partial charge is 0.495 e. The van der Waals surface area contributed by atoms with E-state index in [0.717, 1.165) is 10.8 Å². The lowest BCUT2D eigenvalue weighted by Crippen LogP contribution is -2.12. The summed E-state index contributed by atoms with van der Waals surface area (Å²) in [4.78, 5) is 11.2. The smallest absolute Gasteiger partial charge is 0.252 e. The summed E-state index contributed by atoms with van der Waals surface area (Å²) in [5, 5.41) is 1.93. The normalized spacial score (nSPS) is 10.2. The Kier molecular flexibility index (Phi) is 2.29. The fraction of sp³-hybridized carbons (Fsp3) is 0.0833. The van der Waals surface area contributed by atoms with E-state index in [2.05, 4.69) is 0 Å². The van der Waals surface area contributed by atoms with Crippen LogP contribution in [0.2, 0.25) is 0 Å². The highest BCUT2D eigenvalue weighted by molar-refractivity contribution is 6.03. The molecule has 0 aliphatic rings. The standard InChI is InChI=1S/C12H11NO2/c1-15-11-9-5-3-2-4-8(9)6-7-10(11)12(13)14/h2-7H,1H3,(H2,13,14). The molecular formula is C12H11NO2. The molecule has 0 aliphatic carbocycles. The van der Waals surface area contributed by atoms with Crippen molar-refractivity contribution in [2.45, 2.75) is 0 Å². The second kappa shape index (κ2) is 3.61. The molecule has 2 N–H and O–H groups in total. The van der Waals surface area contributed by atoms with Crippen LogP contribution in [0.1, 0.15) is 10.4 Å². The van der Waals surface area contributed by atoms with Gasteiger partial charge in [-0.1, -0.05) is 30.3 Å². The summed E-state index contributed by atoms with van der Waals surface area (Å²) in [6.45, 7) is 0. The Labute approximate surface area is 87.5 Å². The molecule has 0 saturated carbocycles. The average molecular weight is 201 g/mol. The topological polar surface area (TPSA) is 52.3 Å². The van der Waals surface area contributed by atoms with Crippen LogP contribution in [0.5, 0.6) is 5.75 Å². The summed E-state index contributed by atoms with van der Waals surface area (Å²) in [6, 6.07) is 11.2. The number of amides is 1. The van der Waals surface area contributed by atoms with E-state index in [1.165, 1.54) is 7.11 Å². The van der Waals surface area contributed by atoms with E-state index in [4.69, 9.17) is 10.5 Å². The molecule has 2 aromatic carbocycles. The predicted molar refractivity (Wildman–Crippen MR) is 59.0 cm³/mol. The van der Waals surface area contributed by atoms with Crippen LogP contribution in [0.15, 0.2) is 36.4 Å². The molecule has 0 heterocycles. The van der Waals surface area contributed by atoms with Crippen molar-refractivity contribution in [1.29, 1.82) is 0 Å². The molecule has 0 unspecified atom stereocenters. The number of hydrogen-bond acceptors (Lipinski definition) is 2. The Balaban J connectivity index is 2.81. The van der Waals surface area contributed by atoms with Gasteiger partial charge >= 0.3 is 0 Å². The molecule has 1 amide bonds. The minimum Gasteiger partial charge on any atom is -0.495 e. The minimum atomic E-state index is -0.474. The monoisotopic (exact) mass is 201 g/mol. The van der Waals surface area contributed by atoms with Gasteiger partial charge in [-0.05, 0) is 11.5 Å². The van der Waals surface area contributed by atoms with Crippen molar-refractivity contribution in [2.24, 2.45) is 5.73 Å². The molecule has 0 saturated heterocycles. The van der Waals surface area contributed by atoms with Crippen LogP contribution in [0.25, 0.3) is 10.8 Å². The molecule has 0 aromatic heterocycles. The van der Waals surface area contributed by atoms with Gasteiger partial charge in [0.25, 0.3) is 5.91 Å². The van der Waals surface area contributed by atoms with Gasteiger partial charge in [0.05, 0.1) is 12.7 Å². The highest BCUT2D eigenvalue weighted by atomic mass is 16.5. The maximum atomic E-state index is 11.2. The second-order valence-electron chi connectivity index (χ2n) is 3.23. The third kappa shape index (κ3) is 1.52. The Morgan fingerprint density at radius 1 is 1.20 bits per heavy atom. The third-order valence-corrected chi connectivity index (χ3v) is 2.35. The van der Waals surface area contributed by atoms with Crippen molar-refractivity contribution in [3.63, 3.8) is 0 Å². The van der Waals surface area contributed by atoms with E-state index in [1.807, 2.05) is 30.3 Å². The van der Waals surface area contributed by atoms with E-state index >= 15 is 0 Å². The highest BCUT2D eigenvalue weighted by Gasteiger charge is 2.11. The second-order valence-corrected chi connectivity index (χ2v) is 3.23. The van der Waals surface area contributed by atoms with Crippen molar-refractivity contribution in [2.75, 3.05) is 7.11 Å². The Hall–Kier alpha value is -2.03. The first-order valence-electron chi connectivity index (χ1n) is 4.59. The molecule has 2 rings (SSSR count). The molecule has 0 fully saturated rings. The third-order valence-electron chi connectivity index (χ3n) is 2.35. The summed E-state index contributed by atoms with van der Waals surface area (Å²) in [5.74, 6) is 0.0678. The first-order valence-corrected chi connectivity index (χ1v) is 4.59. The van der Waals surface area contributed by atoms with Crippen LogP contribution in [0, 0.1) is 0 Å². The van der Waals surface area contributed by atoms with Gasteiger partial charge in [-0.2, -0.15) is 0 Å². The number of rotatable bonds is 2. The van der Waals surface area contributed by atoms with E-state index in [-0.39, 0.29) is 0 Å². The van der Waals surface area contributed by atoms with Crippen LogP contribution < -0.4 is 10.5 Å². The summed E-state index contributed by atoms with van der Waals surface area (Å²) in [6.07, 6.45) is 0. The lowest BCUT2D eigenvalue weighted by atomic mass is 10.1. The lowest BCUT2D eigenvalue weighted by molar-refractivity contribution is 0.0997. The predicted octanol–water partition coefficient (Wildman–Crippen LogP) is 1.95. The number of primary amides is 1. The number of carbonyl (C=O) groups is 1. The number of fused-ring (bicyclic) bond motifs is 1. The highest BCUT2D eigenvalue weighted by Crippen LogP contribution is 2.29. The van der Waals surface area contributed by atoms with Gasteiger partial charge < -0.3 is 10.5 Å². The van der Waals surface area contributed by atoms with E-state index in [1.54, 1.807) is 6.07 Å². The zero-order valence-corrected chi connectivity index (χ0v) is 8.36. The number of benzene rings is 2. The zero-order chi connectivity index (χ0) is 10.8. The molecule has 0 atom stereocenters. The van der Waals surface area contributed by atoms with Gasteiger partial charge in [0.15, 0.2) is 0 Å². The van der Waals surface area contributed by atoms with Crippen LogP contribution >= 0.6 is 0 Å². The number of carbonyl (C=O) groups excluding carboxylic acids is 1. The van der Waals surface area contributed by atoms with E-state index in [0.29, 0.717) is 11.3 Å². The van der Waals surface area contributed by atoms with Crippen LogP contribution in [-0.4, -0.2) is 13.0 Å². The van der Waals surface area contributed by atoms with Crippen molar-refractivity contribution < 1.29 is 9.53 Å². The number of ether oxygens (including phenoxy) is 1. The van der Waals surface area contributed by atoms with Crippen molar-refractivity contribution in [3.8, 4) is 5.75 Å². The van der Waals surface area contributed by atoms with Gasteiger partial charge in [0.1, 0.15) is 5.75 Å². The summed E-state index contributed by atoms with van der Waals surface area (Å²) in [7, 11) is 1.54. The summed E-state index contributed by atoms with van der Waals surface area (Å²) < 4.78 is 5.22. The van der Waals surface area contributed by atoms with Crippen LogP contribution in [-0.2, 0) is 0 Å². The van der Waals surface area contributed by atoms with Gasteiger partial charge in [-0.15, -0.1) is 0 Å². The summed E-state index contributed by atoms with van der Waals surface area (Å²) >= 11 is 0. The zero-order valence-electron chi connectivity index (χ0n) is 8.36. The first-order chi connectivity index (χ1) is 7.24. The van der Waals surface area contributed by atoms with Crippen molar-refractivity contribution in [3.05, 3.63) is 42.0 Å². The van der Waals surface area contributed by atoms with E-state index < -0.39 is 5.91 Å². The number of methoxy groups -OCH3 is 1. The van der Waals surface area contributed by atoms with Crippen molar-refractivity contribution in [1.82, 2.24) is 0 Å². The lowest BCUT2D eigenvalue weighted by Gasteiger charge is -2.08. The fourth-order valence-electron chi connectivity index (χ4n) is 1.66. The number of hydrogen-bond donors (Lipinski definition) is 1. The van der Waals surface area contributed by atoms with Crippen LogP contribution in [0.4, 0.5) is 0 Å². The summed E-state index contributed by atoms with van der Waals surface area (Å²) in [5.41, 5.74) is 5.68. The molecule has 2 aromatic rings. The molecule has 0 spiro atoms. The molecular weight excluding hydrogens is 190 g/mol. The molecule has 0 radical (unpaired) electrons. The molecule has 0 bridgehead atoms. The SMILES string of the molecule is COc1c(C(N)=O)ccc2ccccc12. The minimum absolute atomic E-state index is 0.413. The van der Waals surface area contributed by atoms with Gasteiger partial charge in [-0.25, -0.2) is 0 Å². The quantitative estimate of drug-likeness (QED) is 0.807. The maximum absolute atomic E-state index is 11.2. The number of nitrogens with two attached hydrogens (primary N) is 1. The van der Waals surface area contributed by atoms with Gasteiger partial charge in [-0.3, -0.25) is 4.79 Å². The van der Waals surface area contributed by atoms with Crippen LogP contribution in [0.3, 0.4) is 0 Å². The average Bonchev–Trinajstić information content (AvgIpc) is 2.27. The molecule has 3 nitrogen and oxygen atoms in total.